The van der Waals surface area contributed by atoms with Gasteiger partial charge in [-0.2, -0.15) is 0 Å². The van der Waals surface area contributed by atoms with Gasteiger partial charge in [-0.1, -0.05) is 60.5 Å². The average Bonchev–Trinajstić information content (AvgIpc) is 2.72. The number of sulfonamides is 1. The lowest BCUT2D eigenvalue weighted by Crippen LogP contribution is -2.46. The van der Waals surface area contributed by atoms with Gasteiger partial charge in [0.25, 0.3) is 0 Å². The van der Waals surface area contributed by atoms with E-state index in [9.17, 15) is 13.2 Å². The highest BCUT2D eigenvalue weighted by Gasteiger charge is 2.33. The van der Waals surface area contributed by atoms with Crippen molar-refractivity contribution in [2.24, 2.45) is 5.92 Å². The molecule has 2 aromatic carbocycles. The lowest BCUT2D eigenvalue weighted by molar-refractivity contribution is -0.126. The molecule has 5 nitrogen and oxygen atoms in total. The van der Waals surface area contributed by atoms with Crippen molar-refractivity contribution in [3.63, 3.8) is 0 Å². The number of amides is 1. The van der Waals surface area contributed by atoms with Gasteiger partial charge in [0.15, 0.2) is 0 Å². The Hall–Kier alpha value is -1.89. The molecule has 3 rings (SSSR count). The van der Waals surface area contributed by atoms with Gasteiger partial charge in [0, 0.05) is 18.1 Å². The Morgan fingerprint density at radius 1 is 1.23 bits per heavy atom. The molecule has 0 unspecified atom stereocenters. The van der Waals surface area contributed by atoms with Crippen molar-refractivity contribution in [1.29, 1.82) is 0 Å². The van der Waals surface area contributed by atoms with Crippen LogP contribution in [0.1, 0.15) is 48.9 Å². The first-order chi connectivity index (χ1) is 14.3. The molecule has 1 N–H and O–H groups in total. The summed E-state index contributed by atoms with van der Waals surface area (Å²) in [6.07, 6.45) is 2.14. The van der Waals surface area contributed by atoms with Crippen molar-refractivity contribution in [2.75, 3.05) is 13.1 Å². The quantitative estimate of drug-likeness (QED) is 0.680. The third kappa shape index (κ3) is 5.84. The maximum Gasteiger partial charge on any atom is 0.224 e. The Morgan fingerprint density at radius 2 is 1.97 bits per heavy atom. The molecule has 162 valence electrons. The van der Waals surface area contributed by atoms with Crippen LogP contribution in [-0.2, 0) is 20.6 Å². The van der Waals surface area contributed by atoms with Crippen molar-refractivity contribution < 1.29 is 13.2 Å². The van der Waals surface area contributed by atoms with Crippen LogP contribution in [-0.4, -0.2) is 31.7 Å². The van der Waals surface area contributed by atoms with Crippen LogP contribution in [0.5, 0.6) is 0 Å². The third-order valence-corrected chi connectivity index (χ3v) is 7.64. The van der Waals surface area contributed by atoms with E-state index in [0.29, 0.717) is 30.0 Å². The number of halogens is 1. The number of carbonyl (C=O) groups excluding carboxylic acids is 1. The summed E-state index contributed by atoms with van der Waals surface area (Å²) in [5.41, 5.74) is 2.89. The lowest BCUT2D eigenvalue weighted by atomic mass is 9.97. The van der Waals surface area contributed by atoms with Gasteiger partial charge in [0.2, 0.25) is 15.9 Å². The Morgan fingerprint density at radius 3 is 2.63 bits per heavy atom. The van der Waals surface area contributed by atoms with E-state index in [0.717, 1.165) is 12.0 Å². The van der Waals surface area contributed by atoms with Crippen LogP contribution in [0.25, 0.3) is 0 Å². The van der Waals surface area contributed by atoms with Gasteiger partial charge in [-0.15, -0.1) is 0 Å². The molecule has 1 saturated heterocycles. The predicted molar refractivity (Wildman–Crippen MR) is 121 cm³/mol. The van der Waals surface area contributed by atoms with Crippen LogP contribution in [0.15, 0.2) is 48.5 Å². The van der Waals surface area contributed by atoms with Crippen LogP contribution < -0.4 is 5.32 Å². The molecule has 30 heavy (non-hydrogen) atoms. The van der Waals surface area contributed by atoms with E-state index in [2.05, 4.69) is 5.32 Å². The largest absolute Gasteiger partial charge is 0.349 e. The lowest BCUT2D eigenvalue weighted by Gasteiger charge is -2.32. The fourth-order valence-corrected chi connectivity index (χ4v) is 5.66. The van der Waals surface area contributed by atoms with Crippen molar-refractivity contribution in [2.45, 2.75) is 44.9 Å². The molecule has 0 aromatic heterocycles. The fraction of sp³-hybridized carbons (Fsp3) is 0.435. The Labute approximate surface area is 184 Å². The first-order valence-corrected chi connectivity index (χ1v) is 12.4. The zero-order valence-corrected chi connectivity index (χ0v) is 19.0. The van der Waals surface area contributed by atoms with Crippen LogP contribution in [0.2, 0.25) is 5.02 Å². The highest BCUT2D eigenvalue weighted by molar-refractivity contribution is 7.88. The molecule has 1 amide bonds. The Bertz CT molecular complexity index is 976. The summed E-state index contributed by atoms with van der Waals surface area (Å²) in [5.74, 6) is -0.527. The van der Waals surface area contributed by atoms with E-state index in [1.165, 1.54) is 9.87 Å². The molecular formula is C23H29ClN2O3S. The number of aryl methyl sites for hydroxylation is 1. The summed E-state index contributed by atoms with van der Waals surface area (Å²) < 4.78 is 27.3. The van der Waals surface area contributed by atoms with Gasteiger partial charge in [-0.3, -0.25) is 4.79 Å². The predicted octanol–water partition coefficient (Wildman–Crippen LogP) is 4.46. The molecule has 1 heterocycles. The minimum atomic E-state index is -3.52. The number of hydrogen-bond donors (Lipinski definition) is 1. The molecule has 1 aliphatic rings. The number of nitrogens with zero attached hydrogens (tertiary/aromatic N) is 1. The molecule has 1 fully saturated rings. The van der Waals surface area contributed by atoms with Crippen molar-refractivity contribution in [1.82, 2.24) is 9.62 Å². The fourth-order valence-electron chi connectivity index (χ4n) is 3.85. The summed E-state index contributed by atoms with van der Waals surface area (Å²) in [7, 11) is -3.52. The maximum atomic E-state index is 12.9. The minimum Gasteiger partial charge on any atom is -0.349 e. The SMILES string of the molecule is CC[C@H](NC(=O)[C@@H]1CCCN(S(=O)(=O)Cc2cccc(Cl)c2)C1)c1ccc(C)cc1. The number of benzene rings is 2. The van der Waals surface area contributed by atoms with Crippen LogP contribution in [0.3, 0.4) is 0 Å². The summed E-state index contributed by atoms with van der Waals surface area (Å²) in [6.45, 7) is 4.73. The Balaban J connectivity index is 1.65. The molecule has 2 atom stereocenters. The number of nitrogens with one attached hydrogen (secondary N) is 1. The second kappa shape index (κ2) is 9.94. The molecule has 2 aromatic rings. The van der Waals surface area contributed by atoms with E-state index in [4.69, 9.17) is 11.6 Å². The van der Waals surface area contributed by atoms with Crippen molar-refractivity contribution in [3.8, 4) is 0 Å². The van der Waals surface area contributed by atoms with Gasteiger partial charge < -0.3 is 5.32 Å². The molecule has 0 aliphatic carbocycles. The van der Waals surface area contributed by atoms with Gasteiger partial charge in [0.1, 0.15) is 0 Å². The zero-order chi connectivity index (χ0) is 21.7. The molecule has 0 saturated carbocycles. The number of piperidine rings is 1. The first-order valence-electron chi connectivity index (χ1n) is 10.4. The minimum absolute atomic E-state index is 0.0726. The average molecular weight is 449 g/mol. The van der Waals surface area contributed by atoms with Gasteiger partial charge in [-0.25, -0.2) is 12.7 Å². The van der Waals surface area contributed by atoms with E-state index in [1.54, 1.807) is 24.3 Å². The standard InChI is InChI=1S/C23H29ClN2O3S/c1-3-22(19-11-9-17(2)10-12-19)25-23(27)20-7-5-13-26(15-20)30(28,29)16-18-6-4-8-21(24)14-18/h4,6,8-12,14,20,22H,3,5,7,13,15-16H2,1-2H3,(H,25,27)/t20-,22+/m1/s1. The molecule has 0 radical (unpaired) electrons. The second-order valence-corrected chi connectivity index (χ2v) is 10.4. The highest BCUT2D eigenvalue weighted by atomic mass is 35.5. The van der Waals surface area contributed by atoms with E-state index >= 15 is 0 Å². The molecule has 7 heteroatoms. The van der Waals surface area contributed by atoms with Gasteiger partial charge >= 0.3 is 0 Å². The smallest absolute Gasteiger partial charge is 0.224 e. The first kappa shape index (κ1) is 22.8. The molecule has 1 aliphatic heterocycles. The Kier molecular flexibility index (Phi) is 7.55. The number of carbonyl (C=O) groups is 1. The van der Waals surface area contributed by atoms with Crippen LogP contribution in [0, 0.1) is 12.8 Å². The van der Waals surface area contributed by atoms with Crippen LogP contribution >= 0.6 is 11.6 Å². The topological polar surface area (TPSA) is 66.5 Å². The summed E-state index contributed by atoms with van der Waals surface area (Å²) >= 11 is 5.98. The second-order valence-electron chi connectivity index (χ2n) is 7.96. The number of hydrogen-bond acceptors (Lipinski definition) is 3. The van der Waals surface area contributed by atoms with E-state index < -0.39 is 10.0 Å². The van der Waals surface area contributed by atoms with E-state index in [-0.39, 0.29) is 30.2 Å². The molecular weight excluding hydrogens is 420 g/mol. The zero-order valence-electron chi connectivity index (χ0n) is 17.5. The van der Waals surface area contributed by atoms with E-state index in [1.807, 2.05) is 38.1 Å². The highest BCUT2D eigenvalue weighted by Crippen LogP contribution is 2.24. The monoisotopic (exact) mass is 448 g/mol. The summed E-state index contributed by atoms with van der Waals surface area (Å²) in [5, 5.41) is 3.64. The van der Waals surface area contributed by atoms with Crippen molar-refractivity contribution >= 4 is 27.5 Å². The summed E-state index contributed by atoms with van der Waals surface area (Å²) in [4.78, 5) is 12.9. The maximum absolute atomic E-state index is 12.9. The summed E-state index contributed by atoms with van der Waals surface area (Å²) in [6, 6.07) is 15.0. The van der Waals surface area contributed by atoms with Crippen molar-refractivity contribution in [3.05, 3.63) is 70.2 Å². The normalized spacial score (nSPS) is 18.7. The van der Waals surface area contributed by atoms with Gasteiger partial charge in [-0.05, 0) is 49.4 Å². The van der Waals surface area contributed by atoms with Gasteiger partial charge in [0.05, 0.1) is 17.7 Å². The third-order valence-electron chi connectivity index (χ3n) is 5.59. The van der Waals surface area contributed by atoms with Crippen LogP contribution in [0.4, 0.5) is 0 Å². The molecule has 0 bridgehead atoms. The number of rotatable bonds is 7. The molecule has 0 spiro atoms.